The van der Waals surface area contributed by atoms with Gasteiger partial charge in [-0.25, -0.2) is 12.4 Å². The van der Waals surface area contributed by atoms with Crippen molar-refractivity contribution >= 4 is 41.9 Å². The number of halogens is 2. The number of fused-ring (bicyclic) bond motifs is 1. The first-order valence-electron chi connectivity index (χ1n) is 8.68. The van der Waals surface area contributed by atoms with Crippen LogP contribution in [0.1, 0.15) is 40.6 Å². The molecule has 0 spiro atoms. The maximum Gasteiger partial charge on any atom is 0.267 e. The molecule has 7 heteroatoms. The number of hydrogen-bond acceptors (Lipinski definition) is 3. The summed E-state index contributed by atoms with van der Waals surface area (Å²) < 4.78 is 27.7. The minimum absolute atomic E-state index is 0.0340. The van der Waals surface area contributed by atoms with E-state index in [1.165, 1.54) is 9.55 Å². The van der Waals surface area contributed by atoms with Crippen molar-refractivity contribution in [2.75, 3.05) is 0 Å². The molecule has 0 saturated carbocycles. The van der Waals surface area contributed by atoms with Crippen LogP contribution in [0.5, 0.6) is 0 Å². The molecular weight excluding hydrogens is 494 g/mol. The van der Waals surface area contributed by atoms with Crippen LogP contribution in [-0.2, 0) is 10.0 Å². The van der Waals surface area contributed by atoms with Gasteiger partial charge in [0.2, 0.25) is 0 Å². The van der Waals surface area contributed by atoms with Crippen molar-refractivity contribution in [2.45, 2.75) is 40.4 Å². The number of aromatic nitrogens is 1. The zero-order valence-electron chi connectivity index (χ0n) is 14.6. The van der Waals surface area contributed by atoms with Gasteiger partial charge in [0, 0.05) is 12.6 Å². The summed E-state index contributed by atoms with van der Waals surface area (Å²) in [6.07, 6.45) is 6.00. The standard InChI is InChI=1S/C20H19Br2NO3S/c1-12-5-7-14(8-6-12)27(25,26)23-10-9-16-19(22)18(21)15-4-2-3-13(15)11-17(24)20(16)23/h2-3,5-10,17-19,24H,4,11H2,1H3. The Morgan fingerprint density at radius 3 is 2.52 bits per heavy atom. The van der Waals surface area contributed by atoms with Gasteiger partial charge in [-0.15, -0.1) is 0 Å². The SMILES string of the molecule is Cc1ccc(S(=O)(=O)n2ccc3c2C(O)CC2=C(CC=C2)C(Br)C3Br)cc1. The van der Waals surface area contributed by atoms with E-state index in [0.717, 1.165) is 23.1 Å². The van der Waals surface area contributed by atoms with Crippen molar-refractivity contribution in [1.29, 1.82) is 0 Å². The van der Waals surface area contributed by atoms with E-state index in [4.69, 9.17) is 0 Å². The highest BCUT2D eigenvalue weighted by molar-refractivity contribution is 9.12. The Morgan fingerprint density at radius 2 is 1.81 bits per heavy atom. The van der Waals surface area contributed by atoms with Crippen molar-refractivity contribution < 1.29 is 13.5 Å². The first kappa shape index (κ1) is 19.2. The molecule has 0 amide bonds. The second-order valence-electron chi connectivity index (χ2n) is 6.95. The lowest BCUT2D eigenvalue weighted by atomic mass is 9.92. The summed E-state index contributed by atoms with van der Waals surface area (Å²) in [6, 6.07) is 8.54. The van der Waals surface area contributed by atoms with Gasteiger partial charge in [-0.2, -0.15) is 0 Å². The number of rotatable bonds is 2. The predicted molar refractivity (Wildman–Crippen MR) is 113 cm³/mol. The molecule has 142 valence electrons. The third-order valence-corrected chi connectivity index (χ3v) is 9.70. The molecule has 1 N–H and O–H groups in total. The van der Waals surface area contributed by atoms with Gasteiger partial charge in [-0.1, -0.05) is 61.7 Å². The fourth-order valence-electron chi connectivity index (χ4n) is 3.74. The molecule has 3 unspecified atom stereocenters. The van der Waals surface area contributed by atoms with Gasteiger partial charge >= 0.3 is 0 Å². The molecular formula is C20H19Br2NO3S. The quantitative estimate of drug-likeness (QED) is 0.580. The fourth-order valence-corrected chi connectivity index (χ4v) is 6.63. The normalized spacial score (nSPS) is 25.1. The lowest BCUT2D eigenvalue weighted by Gasteiger charge is -2.27. The van der Waals surface area contributed by atoms with Crippen molar-refractivity contribution in [1.82, 2.24) is 3.97 Å². The summed E-state index contributed by atoms with van der Waals surface area (Å²) in [4.78, 5) is 0.108. The summed E-state index contributed by atoms with van der Waals surface area (Å²) in [5.74, 6) is 0. The van der Waals surface area contributed by atoms with Gasteiger partial charge in [-0.3, -0.25) is 0 Å². The molecule has 1 aromatic carbocycles. The second kappa shape index (κ2) is 7.03. The van der Waals surface area contributed by atoms with Crippen LogP contribution in [-0.4, -0.2) is 22.3 Å². The predicted octanol–water partition coefficient (Wildman–Crippen LogP) is 4.93. The molecule has 4 nitrogen and oxygen atoms in total. The number of aliphatic hydroxyl groups is 1. The van der Waals surface area contributed by atoms with E-state index in [9.17, 15) is 13.5 Å². The van der Waals surface area contributed by atoms with E-state index in [2.05, 4.69) is 37.9 Å². The number of nitrogens with zero attached hydrogens (tertiary/aromatic N) is 1. The van der Waals surface area contributed by atoms with Gasteiger partial charge in [0.05, 0.1) is 26.3 Å². The molecule has 0 aliphatic heterocycles. The molecule has 1 aromatic heterocycles. The number of benzene rings is 1. The summed E-state index contributed by atoms with van der Waals surface area (Å²) in [6.45, 7) is 1.91. The molecule has 2 aliphatic rings. The lowest BCUT2D eigenvalue weighted by molar-refractivity contribution is 0.171. The van der Waals surface area contributed by atoms with Crippen LogP contribution in [0.3, 0.4) is 0 Å². The Labute approximate surface area is 175 Å². The van der Waals surface area contributed by atoms with Gasteiger partial charge in [0.1, 0.15) is 0 Å². The molecule has 3 atom stereocenters. The number of aliphatic hydroxyl groups excluding tert-OH is 1. The van der Waals surface area contributed by atoms with E-state index >= 15 is 0 Å². The number of allylic oxidation sites excluding steroid dienone is 3. The third kappa shape index (κ3) is 3.18. The van der Waals surface area contributed by atoms with Crippen molar-refractivity contribution in [3.8, 4) is 0 Å². The molecule has 0 radical (unpaired) electrons. The lowest BCUT2D eigenvalue weighted by Crippen LogP contribution is -2.22. The highest BCUT2D eigenvalue weighted by atomic mass is 79.9. The third-order valence-electron chi connectivity index (χ3n) is 5.19. The largest absolute Gasteiger partial charge is 0.386 e. The molecule has 27 heavy (non-hydrogen) atoms. The first-order valence-corrected chi connectivity index (χ1v) is 12.0. The number of aryl methyl sites for hydroxylation is 1. The minimum Gasteiger partial charge on any atom is -0.386 e. The van der Waals surface area contributed by atoms with E-state index in [1.54, 1.807) is 36.5 Å². The van der Waals surface area contributed by atoms with Crippen molar-refractivity contribution in [3.05, 3.63) is 76.6 Å². The molecule has 4 rings (SSSR count). The summed E-state index contributed by atoms with van der Waals surface area (Å²) in [5, 5.41) is 11.0. The monoisotopic (exact) mass is 511 g/mol. The topological polar surface area (TPSA) is 59.3 Å². The van der Waals surface area contributed by atoms with Crippen molar-refractivity contribution in [3.63, 3.8) is 0 Å². The van der Waals surface area contributed by atoms with Crippen LogP contribution >= 0.6 is 31.9 Å². The Bertz CT molecular complexity index is 1050. The first-order chi connectivity index (χ1) is 12.8. The van der Waals surface area contributed by atoms with Gasteiger partial charge in [0.15, 0.2) is 0 Å². The number of alkyl halides is 2. The average molecular weight is 513 g/mol. The summed E-state index contributed by atoms with van der Waals surface area (Å²) in [5.41, 5.74) is 4.51. The Hall–Kier alpha value is -1.15. The van der Waals surface area contributed by atoms with Gasteiger partial charge < -0.3 is 5.11 Å². The molecule has 0 bridgehead atoms. The molecule has 2 aromatic rings. The number of hydrogen-bond donors (Lipinski definition) is 1. The maximum absolute atomic E-state index is 13.2. The summed E-state index contributed by atoms with van der Waals surface area (Å²) in [7, 11) is -3.79. The Kier molecular flexibility index (Phi) is 4.99. The van der Waals surface area contributed by atoms with Crippen LogP contribution in [0.15, 0.2) is 64.7 Å². The zero-order chi connectivity index (χ0) is 19.3. The van der Waals surface area contributed by atoms with Crippen LogP contribution in [0.2, 0.25) is 0 Å². The second-order valence-corrected chi connectivity index (χ2v) is 10.7. The fraction of sp³-hybridized carbons (Fsp3) is 0.300. The Morgan fingerprint density at radius 1 is 1.11 bits per heavy atom. The smallest absolute Gasteiger partial charge is 0.267 e. The van der Waals surface area contributed by atoms with E-state index < -0.39 is 16.1 Å². The zero-order valence-corrected chi connectivity index (χ0v) is 18.6. The van der Waals surface area contributed by atoms with Crippen molar-refractivity contribution in [2.24, 2.45) is 0 Å². The Balaban J connectivity index is 1.85. The van der Waals surface area contributed by atoms with E-state index in [1.807, 2.05) is 13.0 Å². The van der Waals surface area contributed by atoms with E-state index in [-0.39, 0.29) is 14.5 Å². The van der Waals surface area contributed by atoms with Crippen LogP contribution in [0.25, 0.3) is 0 Å². The van der Waals surface area contributed by atoms with Crippen LogP contribution in [0, 0.1) is 6.92 Å². The van der Waals surface area contributed by atoms with Crippen LogP contribution < -0.4 is 0 Å². The van der Waals surface area contributed by atoms with E-state index in [0.29, 0.717) is 12.1 Å². The minimum atomic E-state index is -3.79. The molecule has 0 fully saturated rings. The highest BCUT2D eigenvalue weighted by Crippen LogP contribution is 2.47. The molecule has 2 aliphatic carbocycles. The van der Waals surface area contributed by atoms with Gasteiger partial charge in [-0.05, 0) is 48.3 Å². The van der Waals surface area contributed by atoms with Gasteiger partial charge in [0.25, 0.3) is 10.0 Å². The molecule has 1 heterocycles. The van der Waals surface area contributed by atoms with Crippen LogP contribution in [0.4, 0.5) is 0 Å². The highest BCUT2D eigenvalue weighted by Gasteiger charge is 2.35. The maximum atomic E-state index is 13.2. The summed E-state index contributed by atoms with van der Waals surface area (Å²) >= 11 is 7.48. The average Bonchev–Trinajstić information content (AvgIpc) is 3.27. The molecule has 0 saturated heterocycles.